The Balaban J connectivity index is 2.26. The SMILES string of the molecule is CCCCc1ccc(-c2ccccc2)c2c1C(O)(C(F)(F)F)C(=O)O2. The summed E-state index contributed by atoms with van der Waals surface area (Å²) < 4.78 is 45.6. The number of hydrogen-bond acceptors (Lipinski definition) is 3. The second-order valence-electron chi connectivity index (χ2n) is 6.04. The van der Waals surface area contributed by atoms with Gasteiger partial charge in [-0.1, -0.05) is 55.8 Å². The summed E-state index contributed by atoms with van der Waals surface area (Å²) in [7, 11) is 0. The van der Waals surface area contributed by atoms with Crippen LogP contribution in [0.3, 0.4) is 0 Å². The number of benzene rings is 2. The number of hydrogen-bond donors (Lipinski definition) is 1. The van der Waals surface area contributed by atoms with Gasteiger partial charge in [-0.2, -0.15) is 13.2 Å². The zero-order valence-corrected chi connectivity index (χ0v) is 13.6. The van der Waals surface area contributed by atoms with Crippen LogP contribution in [0, 0.1) is 0 Å². The van der Waals surface area contributed by atoms with Crippen molar-refractivity contribution in [3.63, 3.8) is 0 Å². The first-order chi connectivity index (χ1) is 11.8. The van der Waals surface area contributed by atoms with Crippen LogP contribution < -0.4 is 4.74 Å². The van der Waals surface area contributed by atoms with Gasteiger partial charge in [-0.25, -0.2) is 4.79 Å². The maximum Gasteiger partial charge on any atom is 0.432 e. The lowest BCUT2D eigenvalue weighted by atomic mass is 9.86. The van der Waals surface area contributed by atoms with E-state index in [0.717, 1.165) is 6.42 Å². The third kappa shape index (κ3) is 2.70. The topological polar surface area (TPSA) is 46.5 Å². The molecule has 1 aliphatic rings. The van der Waals surface area contributed by atoms with Crippen LogP contribution in [0.25, 0.3) is 11.1 Å². The van der Waals surface area contributed by atoms with Gasteiger partial charge in [-0.15, -0.1) is 0 Å². The first-order valence-corrected chi connectivity index (χ1v) is 8.03. The summed E-state index contributed by atoms with van der Waals surface area (Å²) in [6.07, 6.45) is -3.43. The average Bonchev–Trinajstić information content (AvgIpc) is 2.86. The summed E-state index contributed by atoms with van der Waals surface area (Å²) >= 11 is 0. The molecule has 0 aromatic heterocycles. The fourth-order valence-corrected chi connectivity index (χ4v) is 3.07. The third-order valence-electron chi connectivity index (χ3n) is 4.39. The molecule has 1 heterocycles. The Labute approximate surface area is 143 Å². The van der Waals surface area contributed by atoms with E-state index in [1.807, 2.05) is 6.92 Å². The zero-order chi connectivity index (χ0) is 18.2. The minimum atomic E-state index is -5.16. The largest absolute Gasteiger partial charge is 0.432 e. The quantitative estimate of drug-likeness (QED) is 0.658. The van der Waals surface area contributed by atoms with E-state index in [1.54, 1.807) is 36.4 Å². The van der Waals surface area contributed by atoms with E-state index >= 15 is 0 Å². The minimum absolute atomic E-state index is 0.204. The Morgan fingerprint density at radius 1 is 1.12 bits per heavy atom. The molecule has 6 heteroatoms. The Morgan fingerprint density at radius 2 is 1.80 bits per heavy atom. The number of carbonyl (C=O) groups excluding carboxylic acids is 1. The molecular formula is C19H17F3O3. The number of fused-ring (bicyclic) bond motifs is 1. The van der Waals surface area contributed by atoms with E-state index in [0.29, 0.717) is 24.0 Å². The summed E-state index contributed by atoms with van der Waals surface area (Å²) in [4.78, 5) is 12.0. The van der Waals surface area contributed by atoms with Gasteiger partial charge >= 0.3 is 12.1 Å². The molecular weight excluding hydrogens is 333 g/mol. The van der Waals surface area contributed by atoms with Crippen LogP contribution in [0.15, 0.2) is 42.5 Å². The fraction of sp³-hybridized carbons (Fsp3) is 0.316. The molecule has 2 aromatic carbocycles. The van der Waals surface area contributed by atoms with Crippen molar-refractivity contribution in [3.05, 3.63) is 53.6 Å². The molecule has 0 saturated carbocycles. The molecule has 132 valence electrons. The molecule has 2 aromatic rings. The highest BCUT2D eigenvalue weighted by atomic mass is 19.4. The molecule has 0 amide bonds. The second kappa shape index (κ2) is 6.19. The number of ether oxygens (including phenoxy) is 1. The van der Waals surface area contributed by atoms with Crippen molar-refractivity contribution in [2.24, 2.45) is 0 Å². The van der Waals surface area contributed by atoms with Gasteiger partial charge in [0.05, 0.1) is 5.56 Å². The van der Waals surface area contributed by atoms with Gasteiger partial charge in [0.15, 0.2) is 0 Å². The molecule has 0 aliphatic carbocycles. The van der Waals surface area contributed by atoms with Crippen LogP contribution in [0.1, 0.15) is 30.9 Å². The Kier molecular flexibility index (Phi) is 4.33. The lowest BCUT2D eigenvalue weighted by Crippen LogP contribution is -2.48. The molecule has 0 radical (unpaired) electrons. The second-order valence-corrected chi connectivity index (χ2v) is 6.04. The molecule has 1 aliphatic heterocycles. The molecule has 3 nitrogen and oxygen atoms in total. The normalized spacial score (nSPS) is 19.6. The van der Waals surface area contributed by atoms with Crippen LogP contribution in [-0.4, -0.2) is 17.3 Å². The lowest BCUT2D eigenvalue weighted by molar-refractivity contribution is -0.258. The predicted molar refractivity (Wildman–Crippen MR) is 86.1 cm³/mol. The highest BCUT2D eigenvalue weighted by Gasteiger charge is 2.67. The molecule has 1 atom stereocenters. The molecule has 0 spiro atoms. The summed E-state index contributed by atoms with van der Waals surface area (Å²) in [6, 6.07) is 11.8. The van der Waals surface area contributed by atoms with Crippen LogP contribution in [0.5, 0.6) is 5.75 Å². The number of unbranched alkanes of at least 4 members (excludes halogenated alkanes) is 1. The molecule has 1 unspecified atom stereocenters. The van der Waals surface area contributed by atoms with Crippen LogP contribution in [0.4, 0.5) is 13.2 Å². The highest BCUT2D eigenvalue weighted by molar-refractivity contribution is 5.94. The Hall–Kier alpha value is -2.34. The summed E-state index contributed by atoms with van der Waals surface area (Å²) in [6.45, 7) is 1.91. The van der Waals surface area contributed by atoms with Gasteiger partial charge in [-0.3, -0.25) is 0 Å². The number of aryl methyl sites for hydroxylation is 1. The number of rotatable bonds is 4. The summed E-state index contributed by atoms with van der Waals surface area (Å²) in [5.41, 5.74) is -2.86. The van der Waals surface area contributed by atoms with Gasteiger partial charge in [0, 0.05) is 5.56 Å². The van der Waals surface area contributed by atoms with Gasteiger partial charge in [0.2, 0.25) is 0 Å². The Morgan fingerprint density at radius 3 is 2.40 bits per heavy atom. The van der Waals surface area contributed by atoms with Crippen molar-refractivity contribution in [2.75, 3.05) is 0 Å². The van der Waals surface area contributed by atoms with Crippen LogP contribution >= 0.6 is 0 Å². The summed E-state index contributed by atoms with van der Waals surface area (Å²) in [5, 5.41) is 10.3. The maximum absolute atomic E-state index is 13.6. The first-order valence-electron chi connectivity index (χ1n) is 8.03. The molecule has 3 rings (SSSR count). The average molecular weight is 350 g/mol. The molecule has 0 fully saturated rings. The third-order valence-corrected chi connectivity index (χ3v) is 4.39. The van der Waals surface area contributed by atoms with Crippen molar-refractivity contribution in [1.29, 1.82) is 0 Å². The van der Waals surface area contributed by atoms with Crippen molar-refractivity contribution in [1.82, 2.24) is 0 Å². The fourth-order valence-electron chi connectivity index (χ4n) is 3.07. The lowest BCUT2D eigenvalue weighted by Gasteiger charge is -2.24. The van der Waals surface area contributed by atoms with E-state index in [-0.39, 0.29) is 11.3 Å². The van der Waals surface area contributed by atoms with Gasteiger partial charge in [0.1, 0.15) is 5.75 Å². The highest BCUT2D eigenvalue weighted by Crippen LogP contribution is 2.52. The number of halogens is 3. The number of aliphatic hydroxyl groups is 1. The number of esters is 1. The van der Waals surface area contributed by atoms with Gasteiger partial charge < -0.3 is 9.84 Å². The first kappa shape index (κ1) is 17.5. The number of carbonyl (C=O) groups is 1. The zero-order valence-electron chi connectivity index (χ0n) is 13.6. The summed E-state index contributed by atoms with van der Waals surface area (Å²) in [5.74, 6) is -1.90. The van der Waals surface area contributed by atoms with E-state index < -0.39 is 23.3 Å². The van der Waals surface area contributed by atoms with Crippen LogP contribution in [-0.2, 0) is 16.8 Å². The standard InChI is InChI=1S/C19H17F3O3/c1-2-3-7-13-10-11-14(12-8-5-4-6-9-12)16-15(13)18(24,17(23)25-16)19(20,21)22/h4-6,8-11,24H,2-3,7H2,1H3. The van der Waals surface area contributed by atoms with Crippen molar-refractivity contribution in [2.45, 2.75) is 38.0 Å². The van der Waals surface area contributed by atoms with Crippen LogP contribution in [0.2, 0.25) is 0 Å². The maximum atomic E-state index is 13.6. The smallest absolute Gasteiger partial charge is 0.423 e. The molecule has 0 saturated heterocycles. The minimum Gasteiger partial charge on any atom is -0.423 e. The molecule has 25 heavy (non-hydrogen) atoms. The van der Waals surface area contributed by atoms with E-state index in [2.05, 4.69) is 0 Å². The van der Waals surface area contributed by atoms with Gasteiger partial charge in [0.25, 0.3) is 5.60 Å². The van der Waals surface area contributed by atoms with E-state index in [9.17, 15) is 23.1 Å². The Bertz CT molecular complexity index is 800. The monoisotopic (exact) mass is 350 g/mol. The van der Waals surface area contributed by atoms with Crippen molar-refractivity contribution < 1.29 is 27.8 Å². The van der Waals surface area contributed by atoms with E-state index in [4.69, 9.17) is 4.74 Å². The number of alkyl halides is 3. The van der Waals surface area contributed by atoms with E-state index in [1.165, 1.54) is 6.07 Å². The van der Waals surface area contributed by atoms with Crippen molar-refractivity contribution >= 4 is 5.97 Å². The molecule has 1 N–H and O–H groups in total. The van der Waals surface area contributed by atoms with Gasteiger partial charge in [-0.05, 0) is 24.0 Å². The van der Waals surface area contributed by atoms with Crippen molar-refractivity contribution in [3.8, 4) is 16.9 Å². The molecule has 0 bridgehead atoms. The predicted octanol–water partition coefficient (Wildman–Crippen LogP) is 4.37.